The molecular formula is C16H14Cl2N2O. The fraction of sp³-hybridized carbons (Fsp3) is 0.188. The molecule has 1 saturated carbocycles. The van der Waals surface area contributed by atoms with E-state index in [1.807, 2.05) is 30.3 Å². The maximum absolute atomic E-state index is 12.2. The van der Waals surface area contributed by atoms with Crippen LogP contribution in [0.15, 0.2) is 48.5 Å². The number of anilines is 1. The second-order valence-electron chi connectivity index (χ2n) is 5.12. The number of nitrogens with one attached hydrogen (secondary N) is 2. The molecule has 2 aromatic rings. The quantitative estimate of drug-likeness (QED) is 0.837. The summed E-state index contributed by atoms with van der Waals surface area (Å²) in [5, 5.41) is 6.59. The smallest absolute Gasteiger partial charge is 0.320 e. The summed E-state index contributed by atoms with van der Waals surface area (Å²) in [6.45, 7) is 0. The van der Waals surface area contributed by atoms with Crippen LogP contribution in [-0.4, -0.2) is 6.03 Å². The molecule has 108 valence electrons. The van der Waals surface area contributed by atoms with E-state index in [2.05, 4.69) is 10.6 Å². The lowest BCUT2D eigenvalue weighted by atomic mass is 10.1. The minimum Gasteiger partial charge on any atom is -0.328 e. The van der Waals surface area contributed by atoms with E-state index in [1.165, 1.54) is 0 Å². The van der Waals surface area contributed by atoms with Gasteiger partial charge in [-0.1, -0.05) is 59.6 Å². The van der Waals surface area contributed by atoms with Gasteiger partial charge in [0.15, 0.2) is 0 Å². The van der Waals surface area contributed by atoms with Crippen LogP contribution >= 0.6 is 23.2 Å². The number of hydrogen-bond acceptors (Lipinski definition) is 1. The van der Waals surface area contributed by atoms with Crippen molar-refractivity contribution in [2.75, 3.05) is 5.32 Å². The predicted octanol–water partition coefficient (Wildman–Crippen LogP) is 4.80. The van der Waals surface area contributed by atoms with Crippen LogP contribution in [0.5, 0.6) is 0 Å². The number of carbonyl (C=O) groups is 1. The SMILES string of the molecule is O=C(Nc1c(Cl)cccc1Cl)NC1(c2ccccc2)CC1. The summed E-state index contributed by atoms with van der Waals surface area (Å²) in [5.74, 6) is 0. The molecule has 0 saturated heterocycles. The molecule has 5 heteroatoms. The number of halogens is 2. The summed E-state index contributed by atoms with van der Waals surface area (Å²) >= 11 is 12.1. The largest absolute Gasteiger partial charge is 0.328 e. The molecule has 0 aromatic heterocycles. The van der Waals surface area contributed by atoms with Gasteiger partial charge in [-0.25, -0.2) is 4.79 Å². The van der Waals surface area contributed by atoms with Crippen LogP contribution in [0, 0.1) is 0 Å². The third kappa shape index (κ3) is 2.99. The van der Waals surface area contributed by atoms with Crippen LogP contribution in [0.25, 0.3) is 0 Å². The van der Waals surface area contributed by atoms with E-state index >= 15 is 0 Å². The molecular weight excluding hydrogens is 307 g/mol. The van der Waals surface area contributed by atoms with Crippen molar-refractivity contribution in [2.45, 2.75) is 18.4 Å². The molecule has 0 unspecified atom stereocenters. The van der Waals surface area contributed by atoms with Crippen LogP contribution in [0.1, 0.15) is 18.4 Å². The molecule has 2 aromatic carbocycles. The van der Waals surface area contributed by atoms with E-state index in [1.54, 1.807) is 18.2 Å². The first-order chi connectivity index (χ1) is 10.1. The highest BCUT2D eigenvalue weighted by Crippen LogP contribution is 2.45. The van der Waals surface area contributed by atoms with Gasteiger partial charge in [0.05, 0.1) is 21.3 Å². The summed E-state index contributed by atoms with van der Waals surface area (Å²) in [4.78, 5) is 12.2. The molecule has 0 spiro atoms. The molecule has 3 nitrogen and oxygen atoms in total. The van der Waals surface area contributed by atoms with Gasteiger partial charge < -0.3 is 10.6 Å². The first-order valence-electron chi connectivity index (χ1n) is 6.69. The molecule has 1 aliphatic rings. The van der Waals surface area contributed by atoms with E-state index in [4.69, 9.17) is 23.2 Å². The maximum Gasteiger partial charge on any atom is 0.320 e. The van der Waals surface area contributed by atoms with Crippen molar-refractivity contribution < 1.29 is 4.79 Å². The monoisotopic (exact) mass is 320 g/mol. The van der Waals surface area contributed by atoms with Gasteiger partial charge in [0.25, 0.3) is 0 Å². The molecule has 0 atom stereocenters. The van der Waals surface area contributed by atoms with Crippen LogP contribution in [0.4, 0.5) is 10.5 Å². The van der Waals surface area contributed by atoms with Gasteiger partial charge in [-0.05, 0) is 30.5 Å². The van der Waals surface area contributed by atoms with Crippen molar-refractivity contribution >= 4 is 34.9 Å². The summed E-state index contributed by atoms with van der Waals surface area (Å²) in [6, 6.07) is 14.8. The minimum absolute atomic E-state index is 0.265. The standard InChI is InChI=1S/C16H14Cl2N2O/c17-12-7-4-8-13(18)14(12)19-15(21)20-16(9-10-16)11-5-2-1-3-6-11/h1-8H,9-10H2,(H2,19,20,21). The first-order valence-corrected chi connectivity index (χ1v) is 7.45. The van der Waals surface area contributed by atoms with Crippen LogP contribution in [0.3, 0.4) is 0 Å². The number of hydrogen-bond donors (Lipinski definition) is 2. The third-order valence-corrected chi connectivity index (χ3v) is 4.26. The molecule has 2 N–H and O–H groups in total. The third-order valence-electron chi connectivity index (χ3n) is 3.63. The van der Waals surface area contributed by atoms with Crippen LogP contribution < -0.4 is 10.6 Å². The van der Waals surface area contributed by atoms with Gasteiger partial charge in [0.2, 0.25) is 0 Å². The Bertz CT molecular complexity index is 649. The zero-order valence-electron chi connectivity index (χ0n) is 11.2. The van der Waals surface area contributed by atoms with E-state index in [0.717, 1.165) is 18.4 Å². The zero-order chi connectivity index (χ0) is 14.9. The summed E-state index contributed by atoms with van der Waals surface area (Å²) in [7, 11) is 0. The van der Waals surface area contributed by atoms with Gasteiger partial charge in [0.1, 0.15) is 0 Å². The molecule has 1 aliphatic carbocycles. The molecule has 2 amide bonds. The number of urea groups is 1. The fourth-order valence-corrected chi connectivity index (χ4v) is 2.84. The summed E-state index contributed by atoms with van der Waals surface area (Å²) in [6.07, 6.45) is 1.86. The Hall–Kier alpha value is -1.71. The lowest BCUT2D eigenvalue weighted by Gasteiger charge is -2.19. The highest BCUT2D eigenvalue weighted by atomic mass is 35.5. The van der Waals surface area contributed by atoms with E-state index in [-0.39, 0.29) is 11.6 Å². The Morgan fingerprint density at radius 3 is 2.14 bits per heavy atom. The molecule has 0 bridgehead atoms. The maximum atomic E-state index is 12.2. The van der Waals surface area contributed by atoms with Crippen molar-refractivity contribution in [1.29, 1.82) is 0 Å². The molecule has 21 heavy (non-hydrogen) atoms. The minimum atomic E-state index is -0.300. The van der Waals surface area contributed by atoms with Gasteiger partial charge in [-0.2, -0.15) is 0 Å². The highest BCUT2D eigenvalue weighted by molar-refractivity contribution is 6.39. The number of para-hydroxylation sites is 1. The Balaban J connectivity index is 1.73. The van der Waals surface area contributed by atoms with Crippen LogP contribution in [-0.2, 0) is 5.54 Å². The van der Waals surface area contributed by atoms with Crippen molar-refractivity contribution in [3.63, 3.8) is 0 Å². The average Bonchev–Trinajstić information content (AvgIpc) is 3.25. The average molecular weight is 321 g/mol. The number of rotatable bonds is 3. The Morgan fingerprint density at radius 2 is 1.57 bits per heavy atom. The number of benzene rings is 2. The second kappa shape index (κ2) is 5.58. The predicted molar refractivity (Wildman–Crippen MR) is 86.0 cm³/mol. The zero-order valence-corrected chi connectivity index (χ0v) is 12.7. The van der Waals surface area contributed by atoms with E-state index in [0.29, 0.717) is 15.7 Å². The fourth-order valence-electron chi connectivity index (χ4n) is 2.35. The van der Waals surface area contributed by atoms with E-state index in [9.17, 15) is 4.79 Å². The second-order valence-corrected chi connectivity index (χ2v) is 5.94. The molecule has 0 radical (unpaired) electrons. The number of carbonyl (C=O) groups excluding carboxylic acids is 1. The molecule has 0 aliphatic heterocycles. The van der Waals surface area contributed by atoms with Crippen molar-refractivity contribution in [3.8, 4) is 0 Å². The lowest BCUT2D eigenvalue weighted by molar-refractivity contribution is 0.247. The van der Waals surface area contributed by atoms with E-state index < -0.39 is 0 Å². The lowest BCUT2D eigenvalue weighted by Crippen LogP contribution is -2.38. The Labute approximate surface area is 133 Å². The highest BCUT2D eigenvalue weighted by Gasteiger charge is 2.45. The summed E-state index contributed by atoms with van der Waals surface area (Å²) in [5.41, 5.74) is 1.28. The normalized spacial score (nSPS) is 15.3. The first kappa shape index (κ1) is 14.2. The van der Waals surface area contributed by atoms with Crippen molar-refractivity contribution in [1.82, 2.24) is 5.32 Å². The Morgan fingerprint density at radius 1 is 0.952 bits per heavy atom. The molecule has 1 fully saturated rings. The van der Waals surface area contributed by atoms with Gasteiger partial charge in [-0.15, -0.1) is 0 Å². The van der Waals surface area contributed by atoms with Gasteiger partial charge in [0, 0.05) is 0 Å². The Kier molecular flexibility index (Phi) is 3.79. The van der Waals surface area contributed by atoms with Crippen LogP contribution in [0.2, 0.25) is 10.0 Å². The van der Waals surface area contributed by atoms with Crippen molar-refractivity contribution in [2.24, 2.45) is 0 Å². The topological polar surface area (TPSA) is 41.1 Å². The van der Waals surface area contributed by atoms with Gasteiger partial charge >= 0.3 is 6.03 Å². The molecule has 3 rings (SSSR count). The molecule has 0 heterocycles. The number of amides is 2. The van der Waals surface area contributed by atoms with Gasteiger partial charge in [-0.3, -0.25) is 0 Å². The van der Waals surface area contributed by atoms with Crippen molar-refractivity contribution in [3.05, 3.63) is 64.1 Å². The summed E-state index contributed by atoms with van der Waals surface area (Å²) < 4.78 is 0.